The van der Waals surface area contributed by atoms with Gasteiger partial charge in [0.05, 0.1) is 28.8 Å². The van der Waals surface area contributed by atoms with Crippen LogP contribution in [0.4, 0.5) is 5.69 Å². The molecule has 206 valence electrons. The van der Waals surface area contributed by atoms with Gasteiger partial charge in [-0.05, 0) is 52.5 Å². The van der Waals surface area contributed by atoms with Crippen LogP contribution in [0.5, 0.6) is 0 Å². The number of rotatable bonds is 6. The summed E-state index contributed by atoms with van der Waals surface area (Å²) in [6.07, 6.45) is 3.87. The molecule has 0 aliphatic carbocycles. The SMILES string of the molecule is CC(C)(C)C(=O)ON1CCCC(C(=O)N2CCC(n3nc4c(NC=O)cccc4c3-c3ccccc3)CC2)C1. The Kier molecular flexibility index (Phi) is 7.70. The number of hydroxylamine groups is 2. The van der Waals surface area contributed by atoms with Crippen molar-refractivity contribution >= 4 is 34.9 Å². The highest BCUT2D eigenvalue weighted by molar-refractivity contribution is 6.02. The summed E-state index contributed by atoms with van der Waals surface area (Å²) in [7, 11) is 0. The van der Waals surface area contributed by atoms with E-state index < -0.39 is 5.41 Å². The Labute approximate surface area is 229 Å². The van der Waals surface area contributed by atoms with Crippen molar-refractivity contribution < 1.29 is 19.2 Å². The number of hydrogen-bond donors (Lipinski definition) is 1. The van der Waals surface area contributed by atoms with Gasteiger partial charge in [0.25, 0.3) is 0 Å². The maximum atomic E-state index is 13.5. The third-order valence-corrected chi connectivity index (χ3v) is 7.67. The number of benzene rings is 2. The molecule has 3 aromatic rings. The Morgan fingerprint density at radius 1 is 1.00 bits per heavy atom. The molecule has 2 aromatic carbocycles. The van der Waals surface area contributed by atoms with Gasteiger partial charge in [0.1, 0.15) is 5.52 Å². The van der Waals surface area contributed by atoms with Crippen LogP contribution < -0.4 is 5.32 Å². The first kappa shape index (κ1) is 26.9. The van der Waals surface area contributed by atoms with Crippen LogP contribution >= 0.6 is 0 Å². The Balaban J connectivity index is 1.31. The van der Waals surface area contributed by atoms with Crippen LogP contribution in [-0.2, 0) is 19.2 Å². The zero-order chi connectivity index (χ0) is 27.6. The van der Waals surface area contributed by atoms with Gasteiger partial charge < -0.3 is 15.1 Å². The van der Waals surface area contributed by atoms with E-state index in [4.69, 9.17) is 9.94 Å². The number of aromatic nitrogens is 2. The summed E-state index contributed by atoms with van der Waals surface area (Å²) in [5.41, 5.74) is 2.94. The number of likely N-dealkylation sites (tertiary alicyclic amines) is 1. The fourth-order valence-corrected chi connectivity index (χ4v) is 5.52. The van der Waals surface area contributed by atoms with E-state index in [1.54, 1.807) is 5.06 Å². The van der Waals surface area contributed by atoms with Gasteiger partial charge >= 0.3 is 5.97 Å². The Morgan fingerprint density at radius 2 is 1.74 bits per heavy atom. The predicted molar refractivity (Wildman–Crippen MR) is 150 cm³/mol. The summed E-state index contributed by atoms with van der Waals surface area (Å²) >= 11 is 0. The lowest BCUT2D eigenvalue weighted by atomic mass is 9.95. The number of anilines is 1. The summed E-state index contributed by atoms with van der Waals surface area (Å²) in [5, 5.41) is 10.4. The topological polar surface area (TPSA) is 96.8 Å². The van der Waals surface area contributed by atoms with Crippen molar-refractivity contribution in [1.29, 1.82) is 0 Å². The lowest BCUT2D eigenvalue weighted by Gasteiger charge is -2.37. The molecule has 0 saturated carbocycles. The molecule has 0 radical (unpaired) electrons. The quantitative estimate of drug-likeness (QED) is 0.465. The van der Waals surface area contributed by atoms with Gasteiger partial charge in [0.15, 0.2) is 0 Å². The summed E-state index contributed by atoms with van der Waals surface area (Å²) < 4.78 is 2.09. The molecule has 2 fully saturated rings. The van der Waals surface area contributed by atoms with Gasteiger partial charge in [0.2, 0.25) is 12.3 Å². The molecule has 3 heterocycles. The highest BCUT2D eigenvalue weighted by Gasteiger charge is 2.35. The van der Waals surface area contributed by atoms with Gasteiger partial charge in [-0.15, -0.1) is 5.06 Å². The molecule has 9 heteroatoms. The van der Waals surface area contributed by atoms with E-state index in [-0.39, 0.29) is 23.8 Å². The molecule has 1 unspecified atom stereocenters. The first-order valence-corrected chi connectivity index (χ1v) is 13.8. The molecular weight excluding hydrogens is 494 g/mol. The molecule has 2 amide bonds. The number of fused-ring (bicyclic) bond motifs is 1. The molecule has 39 heavy (non-hydrogen) atoms. The predicted octanol–water partition coefficient (Wildman–Crippen LogP) is 4.65. The molecule has 2 saturated heterocycles. The molecule has 5 rings (SSSR count). The van der Waals surface area contributed by atoms with Crippen molar-refractivity contribution in [3.05, 3.63) is 48.5 Å². The van der Waals surface area contributed by atoms with E-state index in [2.05, 4.69) is 22.1 Å². The average Bonchev–Trinajstić information content (AvgIpc) is 3.34. The zero-order valence-corrected chi connectivity index (χ0v) is 22.9. The molecule has 2 aliphatic rings. The van der Waals surface area contributed by atoms with E-state index in [1.807, 2.05) is 62.1 Å². The molecule has 1 N–H and O–H groups in total. The number of carbonyl (C=O) groups is 3. The van der Waals surface area contributed by atoms with Crippen molar-refractivity contribution in [3.8, 4) is 11.3 Å². The van der Waals surface area contributed by atoms with E-state index in [9.17, 15) is 14.4 Å². The second-order valence-corrected chi connectivity index (χ2v) is 11.5. The highest BCUT2D eigenvalue weighted by Crippen LogP contribution is 2.37. The fourth-order valence-electron chi connectivity index (χ4n) is 5.52. The number of nitrogens with one attached hydrogen (secondary N) is 1. The smallest absolute Gasteiger partial charge is 0.330 e. The van der Waals surface area contributed by atoms with Crippen LogP contribution in [0.15, 0.2) is 48.5 Å². The zero-order valence-electron chi connectivity index (χ0n) is 22.9. The van der Waals surface area contributed by atoms with E-state index >= 15 is 0 Å². The average molecular weight is 532 g/mol. The van der Waals surface area contributed by atoms with Crippen LogP contribution in [0, 0.1) is 11.3 Å². The highest BCUT2D eigenvalue weighted by atomic mass is 16.7. The molecule has 0 spiro atoms. The van der Waals surface area contributed by atoms with Crippen LogP contribution in [0.3, 0.4) is 0 Å². The largest absolute Gasteiger partial charge is 0.367 e. The number of carbonyl (C=O) groups excluding carboxylic acids is 3. The van der Waals surface area contributed by atoms with Gasteiger partial charge in [-0.1, -0.05) is 42.5 Å². The summed E-state index contributed by atoms with van der Waals surface area (Å²) in [4.78, 5) is 44.6. The number of amides is 2. The van der Waals surface area contributed by atoms with Gasteiger partial charge in [0, 0.05) is 37.1 Å². The number of hydrogen-bond acceptors (Lipinski definition) is 6. The third-order valence-electron chi connectivity index (χ3n) is 7.67. The van der Waals surface area contributed by atoms with Crippen molar-refractivity contribution in [3.63, 3.8) is 0 Å². The molecule has 1 aromatic heterocycles. The van der Waals surface area contributed by atoms with E-state index in [0.29, 0.717) is 38.3 Å². The van der Waals surface area contributed by atoms with Gasteiger partial charge in [-0.3, -0.25) is 14.3 Å². The minimum absolute atomic E-state index is 0.122. The van der Waals surface area contributed by atoms with Gasteiger partial charge in [-0.2, -0.15) is 5.10 Å². The first-order chi connectivity index (χ1) is 18.8. The van der Waals surface area contributed by atoms with Crippen LogP contribution in [0.1, 0.15) is 52.5 Å². The number of nitrogens with zero attached hydrogens (tertiary/aromatic N) is 4. The Bertz CT molecular complexity index is 1340. The lowest BCUT2D eigenvalue weighted by Crippen LogP contribution is -2.48. The van der Waals surface area contributed by atoms with Crippen molar-refractivity contribution in [2.45, 2.75) is 52.5 Å². The standard InChI is InChI=1S/C30H37N5O4/c1-30(2,3)29(38)39-34-16-8-11-22(19-34)28(37)33-17-14-23(15-18-33)35-27(21-9-5-4-6-10-21)24-12-7-13-25(31-20-36)26(24)32-35/h4-7,9-10,12-13,20,22-23H,8,11,14-19H2,1-3H3,(H,31,36). The second-order valence-electron chi connectivity index (χ2n) is 11.5. The molecule has 2 aliphatic heterocycles. The lowest BCUT2D eigenvalue weighted by molar-refractivity contribution is -0.208. The maximum Gasteiger partial charge on any atom is 0.330 e. The first-order valence-electron chi connectivity index (χ1n) is 13.8. The van der Waals surface area contributed by atoms with Crippen LogP contribution in [0.2, 0.25) is 0 Å². The molecule has 1 atom stereocenters. The maximum absolute atomic E-state index is 13.5. The number of piperidine rings is 2. The normalized spacial score (nSPS) is 19.2. The van der Waals surface area contributed by atoms with Gasteiger partial charge in [-0.25, -0.2) is 4.79 Å². The Morgan fingerprint density at radius 3 is 2.44 bits per heavy atom. The minimum atomic E-state index is -0.585. The summed E-state index contributed by atoms with van der Waals surface area (Å²) in [6.45, 7) is 7.88. The second kappa shape index (κ2) is 11.2. The monoisotopic (exact) mass is 531 g/mol. The van der Waals surface area contributed by atoms with Crippen molar-refractivity contribution in [2.24, 2.45) is 11.3 Å². The molecule has 9 nitrogen and oxygen atoms in total. The molecular formula is C30H37N5O4. The van der Waals surface area contributed by atoms with E-state index in [0.717, 1.165) is 47.8 Å². The van der Waals surface area contributed by atoms with Crippen LogP contribution in [0.25, 0.3) is 22.2 Å². The minimum Gasteiger partial charge on any atom is -0.367 e. The summed E-state index contributed by atoms with van der Waals surface area (Å²) in [5.74, 6) is -0.313. The van der Waals surface area contributed by atoms with Crippen molar-refractivity contribution in [2.75, 3.05) is 31.5 Å². The third kappa shape index (κ3) is 5.68. The Hall–Kier alpha value is -3.72. The van der Waals surface area contributed by atoms with Crippen molar-refractivity contribution in [1.82, 2.24) is 19.7 Å². The van der Waals surface area contributed by atoms with E-state index in [1.165, 1.54) is 0 Å². The summed E-state index contributed by atoms with van der Waals surface area (Å²) in [6, 6.07) is 16.1. The fraction of sp³-hybridized carbons (Fsp3) is 0.467. The van der Waals surface area contributed by atoms with Crippen LogP contribution in [-0.4, -0.2) is 64.2 Å². The molecule has 0 bridgehead atoms.